The molecule has 1 heterocycles. The Labute approximate surface area is 306 Å². The number of aliphatic hydroxyl groups excluding tert-OH is 2. The third-order valence-corrected chi connectivity index (χ3v) is 13.3. The third kappa shape index (κ3) is 6.28. The van der Waals surface area contributed by atoms with Crippen LogP contribution in [-0.4, -0.2) is 61.1 Å². The minimum atomic E-state index is -1.45. The summed E-state index contributed by atoms with van der Waals surface area (Å²) in [5.41, 5.74) is -0.591. The number of benzene rings is 1. The van der Waals surface area contributed by atoms with Gasteiger partial charge in [0, 0.05) is 23.0 Å². The Balaban J connectivity index is 1.47. The van der Waals surface area contributed by atoms with Gasteiger partial charge in [0.25, 0.3) is 0 Å². The van der Waals surface area contributed by atoms with Gasteiger partial charge in [-0.3, -0.25) is 19.2 Å². The number of ketones is 3. The van der Waals surface area contributed by atoms with Gasteiger partial charge in [-0.2, -0.15) is 0 Å². The van der Waals surface area contributed by atoms with Crippen molar-refractivity contribution >= 4 is 23.3 Å². The number of carboxylic acid groups (broad SMARTS) is 1. The molecule has 2 unspecified atom stereocenters. The molecule has 1 aromatic rings. The predicted molar refractivity (Wildman–Crippen MR) is 196 cm³/mol. The van der Waals surface area contributed by atoms with E-state index in [0.29, 0.717) is 37.7 Å². The molecule has 3 aliphatic carbocycles. The van der Waals surface area contributed by atoms with Gasteiger partial charge >= 0.3 is 5.97 Å². The highest BCUT2D eigenvalue weighted by Gasteiger charge is 2.57. The van der Waals surface area contributed by atoms with E-state index in [-0.39, 0.29) is 52.7 Å². The lowest BCUT2D eigenvalue weighted by Crippen LogP contribution is -2.53. The lowest BCUT2D eigenvalue weighted by Gasteiger charge is -2.57. The number of aliphatic hydroxyl groups is 2. The van der Waals surface area contributed by atoms with Crippen molar-refractivity contribution < 1.29 is 49.4 Å². The van der Waals surface area contributed by atoms with Gasteiger partial charge in [-0.15, -0.1) is 0 Å². The van der Waals surface area contributed by atoms with Gasteiger partial charge in [0.2, 0.25) is 0 Å². The van der Waals surface area contributed by atoms with E-state index in [2.05, 4.69) is 19.6 Å². The van der Waals surface area contributed by atoms with Crippen molar-refractivity contribution in [3.8, 4) is 17.2 Å². The Hall–Kier alpha value is -3.92. The van der Waals surface area contributed by atoms with Crippen LogP contribution in [-0.2, 0) is 27.2 Å². The summed E-state index contributed by atoms with van der Waals surface area (Å²) in [6.45, 7) is 16.5. The number of Topliss-reactive ketones (excluding diaryl/α,β-unsaturated/α-hetero) is 3. The summed E-state index contributed by atoms with van der Waals surface area (Å²) < 4.78 is 6.49. The van der Waals surface area contributed by atoms with Crippen LogP contribution in [0.3, 0.4) is 0 Å². The summed E-state index contributed by atoms with van der Waals surface area (Å²) in [4.78, 5) is 52.0. The number of phenols is 2. The molecule has 5 rings (SSSR count). The molecule has 7 atom stereocenters. The van der Waals surface area contributed by atoms with Gasteiger partial charge in [0.1, 0.15) is 34.7 Å². The van der Waals surface area contributed by atoms with Crippen LogP contribution < -0.4 is 4.74 Å². The Morgan fingerprint density at radius 1 is 1.00 bits per heavy atom. The Morgan fingerprint density at radius 3 is 2.29 bits per heavy atom. The molecule has 0 bridgehead atoms. The average molecular weight is 721 g/mol. The molecule has 0 radical (unpaired) electrons. The number of fused-ring (bicyclic) bond motifs is 2. The summed E-state index contributed by atoms with van der Waals surface area (Å²) in [5.74, 6) is -5.03. The zero-order valence-electron chi connectivity index (χ0n) is 31.7. The van der Waals surface area contributed by atoms with Crippen LogP contribution in [0.25, 0.3) is 0 Å². The zero-order chi connectivity index (χ0) is 38.7. The minimum Gasteiger partial charge on any atom is -0.511 e. The molecule has 0 amide bonds. The van der Waals surface area contributed by atoms with E-state index >= 15 is 0 Å². The van der Waals surface area contributed by atoms with E-state index in [1.807, 2.05) is 20.8 Å². The van der Waals surface area contributed by atoms with Crippen molar-refractivity contribution in [1.29, 1.82) is 0 Å². The SMILES string of the molecule is C=C1CC[C@H]2[C@@](C)(CCC[C@]2(C)C(=O)O)[C@@H]1C/C=C(\C)[C@@H]1CCc2c(O)c(CC3C(=O)C(C(C)=O)=C(O)C(C)(C)C3O)c(O)c(C(=O)CCC)c2O1. The minimum absolute atomic E-state index is 0.0346. The van der Waals surface area contributed by atoms with E-state index in [1.54, 1.807) is 0 Å². The van der Waals surface area contributed by atoms with Crippen molar-refractivity contribution in [3.05, 3.63) is 51.8 Å². The zero-order valence-corrected chi connectivity index (χ0v) is 31.7. The third-order valence-electron chi connectivity index (χ3n) is 13.3. The summed E-state index contributed by atoms with van der Waals surface area (Å²) in [6.07, 6.45) is 5.88. The van der Waals surface area contributed by atoms with Gasteiger partial charge in [0.15, 0.2) is 17.3 Å². The molecule has 10 heteroatoms. The topological polar surface area (TPSA) is 179 Å². The smallest absolute Gasteiger partial charge is 0.309 e. The van der Waals surface area contributed by atoms with Crippen LogP contribution in [0.4, 0.5) is 0 Å². The first-order valence-corrected chi connectivity index (χ1v) is 18.8. The number of ether oxygens (including phenoxy) is 1. The Kier molecular flexibility index (Phi) is 10.7. The van der Waals surface area contributed by atoms with E-state index < -0.39 is 69.4 Å². The lowest BCUT2D eigenvalue weighted by atomic mass is 9.46. The number of carbonyl (C=O) groups is 4. The highest BCUT2D eigenvalue weighted by atomic mass is 16.5. The number of phenolic OH excluding ortho intramolecular Hbond substituents is 2. The standard InChI is InChI=1S/C42H56O10/c1-9-11-28(44)32-34(46)25(20-26-35(47)31(23(4)43)38(49)40(5,6)37(26)48)33(45)24-14-16-29(52-36(24)32)22(3)12-15-27-21(2)13-17-30-41(27,7)18-10-19-42(30,8)39(50)51/h12,26-27,29-30,37,45-46,48-49H,2,9-11,13-20H2,1,3-8H3,(H,50,51)/b22-12+/t26?,27-,29+,30+,37?,41+,42+/m1/s1. The van der Waals surface area contributed by atoms with Gasteiger partial charge < -0.3 is 30.3 Å². The molecular formula is C42H56O10. The lowest BCUT2D eigenvalue weighted by molar-refractivity contribution is -0.164. The number of aromatic hydroxyl groups is 2. The number of carboxylic acids is 1. The number of aliphatic carboxylic acids is 1. The molecule has 1 aliphatic heterocycles. The van der Waals surface area contributed by atoms with Crippen molar-refractivity contribution in [2.75, 3.05) is 0 Å². The number of hydrogen-bond acceptors (Lipinski definition) is 9. The fourth-order valence-corrected chi connectivity index (χ4v) is 10.0. The second kappa shape index (κ2) is 14.1. The van der Waals surface area contributed by atoms with Crippen LogP contribution in [0.2, 0.25) is 0 Å². The Morgan fingerprint density at radius 2 is 1.67 bits per heavy atom. The maximum absolute atomic E-state index is 13.6. The van der Waals surface area contributed by atoms with Crippen LogP contribution in [0, 0.1) is 34.0 Å². The molecule has 1 aromatic carbocycles. The molecule has 2 saturated carbocycles. The first-order valence-electron chi connectivity index (χ1n) is 18.8. The molecular weight excluding hydrogens is 664 g/mol. The monoisotopic (exact) mass is 720 g/mol. The fourth-order valence-electron chi connectivity index (χ4n) is 10.0. The average Bonchev–Trinajstić information content (AvgIpc) is 3.06. The summed E-state index contributed by atoms with van der Waals surface area (Å²) in [6, 6.07) is 0. The van der Waals surface area contributed by atoms with E-state index in [0.717, 1.165) is 43.8 Å². The molecule has 4 aliphatic rings. The maximum atomic E-state index is 13.6. The van der Waals surface area contributed by atoms with Crippen molar-refractivity contribution in [2.24, 2.45) is 34.0 Å². The molecule has 10 nitrogen and oxygen atoms in total. The second-order valence-electron chi connectivity index (χ2n) is 16.9. The fraction of sp³-hybridized carbons (Fsp3) is 0.619. The molecule has 0 spiro atoms. The van der Waals surface area contributed by atoms with Crippen molar-refractivity contribution in [1.82, 2.24) is 0 Å². The second-order valence-corrected chi connectivity index (χ2v) is 16.9. The van der Waals surface area contributed by atoms with Crippen LogP contribution >= 0.6 is 0 Å². The molecule has 52 heavy (non-hydrogen) atoms. The van der Waals surface area contributed by atoms with E-state index in [9.17, 15) is 44.7 Å². The number of rotatable bonds is 10. The van der Waals surface area contributed by atoms with E-state index in [4.69, 9.17) is 4.74 Å². The van der Waals surface area contributed by atoms with Gasteiger partial charge in [0.05, 0.1) is 23.0 Å². The number of allylic oxidation sites excluding steroid dienone is 3. The molecule has 0 aromatic heterocycles. The summed E-state index contributed by atoms with van der Waals surface area (Å²) in [5, 5.41) is 55.5. The molecule has 0 saturated heterocycles. The van der Waals surface area contributed by atoms with Crippen LogP contribution in [0.15, 0.2) is 35.1 Å². The number of carbonyl (C=O) groups excluding carboxylic acids is 3. The van der Waals surface area contributed by atoms with Gasteiger partial charge in [-0.25, -0.2) is 0 Å². The van der Waals surface area contributed by atoms with Gasteiger partial charge in [-0.05, 0) is 101 Å². The number of hydrogen-bond donors (Lipinski definition) is 5. The molecule has 284 valence electrons. The summed E-state index contributed by atoms with van der Waals surface area (Å²) >= 11 is 0. The van der Waals surface area contributed by atoms with Crippen molar-refractivity contribution in [3.63, 3.8) is 0 Å². The van der Waals surface area contributed by atoms with Crippen LogP contribution in [0.5, 0.6) is 17.2 Å². The predicted octanol–water partition coefficient (Wildman–Crippen LogP) is 7.50. The largest absolute Gasteiger partial charge is 0.511 e. The molecule has 5 N–H and O–H groups in total. The van der Waals surface area contributed by atoms with E-state index in [1.165, 1.54) is 13.8 Å². The first kappa shape index (κ1) is 39.3. The Bertz CT molecular complexity index is 1760. The normalized spacial score (nSPS) is 31.8. The maximum Gasteiger partial charge on any atom is 0.309 e. The van der Waals surface area contributed by atoms with Gasteiger partial charge in [-0.1, -0.05) is 52.3 Å². The van der Waals surface area contributed by atoms with Crippen LogP contribution in [0.1, 0.15) is 128 Å². The quantitative estimate of drug-likeness (QED) is 0.0923. The first-order chi connectivity index (χ1) is 24.2. The highest BCUT2D eigenvalue weighted by molar-refractivity contribution is 6.21. The van der Waals surface area contributed by atoms with Crippen molar-refractivity contribution in [2.45, 2.75) is 131 Å². The summed E-state index contributed by atoms with van der Waals surface area (Å²) in [7, 11) is 0. The molecule has 2 fully saturated rings. The highest BCUT2D eigenvalue weighted by Crippen LogP contribution is 2.62.